The van der Waals surface area contributed by atoms with Crippen molar-refractivity contribution in [2.45, 2.75) is 0 Å². The lowest BCUT2D eigenvalue weighted by atomic mass is 10.2. The molecule has 2 heterocycles. The smallest absolute Gasteiger partial charge is 0.280 e. The number of aryl methyl sites for hydroxylation is 1. The third-order valence-corrected chi connectivity index (χ3v) is 2.97. The van der Waals surface area contributed by atoms with Gasteiger partial charge in [-0.25, -0.2) is 0 Å². The van der Waals surface area contributed by atoms with Gasteiger partial charge in [-0.1, -0.05) is 0 Å². The van der Waals surface area contributed by atoms with E-state index >= 15 is 0 Å². The summed E-state index contributed by atoms with van der Waals surface area (Å²) in [5, 5.41) is 4.95. The number of anilines is 1. The van der Waals surface area contributed by atoms with Gasteiger partial charge >= 0.3 is 0 Å². The molecule has 2 aromatic heterocycles. The van der Waals surface area contributed by atoms with Crippen molar-refractivity contribution in [3.05, 3.63) is 48.4 Å². The van der Waals surface area contributed by atoms with Gasteiger partial charge in [-0.05, 0) is 30.3 Å². The van der Waals surface area contributed by atoms with Crippen LogP contribution in [0.15, 0.2) is 42.7 Å². The largest absolute Gasteiger partial charge is 0.399 e. The highest BCUT2D eigenvalue weighted by Gasteiger charge is 2.14. The fourth-order valence-electron chi connectivity index (χ4n) is 2.05. The zero-order valence-corrected chi connectivity index (χ0v) is 9.87. The van der Waals surface area contributed by atoms with E-state index in [1.807, 2.05) is 18.2 Å². The second-order valence-corrected chi connectivity index (χ2v) is 4.15. The van der Waals surface area contributed by atoms with Crippen LogP contribution in [0.2, 0.25) is 0 Å². The molecule has 0 aliphatic carbocycles. The summed E-state index contributed by atoms with van der Waals surface area (Å²) in [6.45, 7) is 0. The molecule has 5 heteroatoms. The summed E-state index contributed by atoms with van der Waals surface area (Å²) in [5.74, 6) is -0.102. The first-order valence-electron chi connectivity index (χ1n) is 5.56. The van der Waals surface area contributed by atoms with E-state index in [1.54, 1.807) is 40.8 Å². The molecule has 2 N–H and O–H groups in total. The fourth-order valence-corrected chi connectivity index (χ4v) is 2.05. The lowest BCUT2D eigenvalue weighted by Gasteiger charge is -2.04. The van der Waals surface area contributed by atoms with Crippen molar-refractivity contribution < 1.29 is 4.79 Å². The van der Waals surface area contributed by atoms with Crippen LogP contribution in [0.5, 0.6) is 0 Å². The summed E-state index contributed by atoms with van der Waals surface area (Å²) in [6, 6.07) is 9.06. The summed E-state index contributed by atoms with van der Waals surface area (Å²) in [5.41, 5.74) is 7.80. The Kier molecular flexibility index (Phi) is 2.19. The zero-order valence-electron chi connectivity index (χ0n) is 9.87. The summed E-state index contributed by atoms with van der Waals surface area (Å²) in [6.07, 6.45) is 3.36. The normalized spacial score (nSPS) is 10.9. The number of nitrogens with zero attached hydrogens (tertiary/aromatic N) is 3. The first kappa shape index (κ1) is 10.6. The van der Waals surface area contributed by atoms with E-state index < -0.39 is 0 Å². The Labute approximate surface area is 103 Å². The molecule has 0 spiro atoms. The van der Waals surface area contributed by atoms with Gasteiger partial charge in [0.2, 0.25) is 0 Å². The van der Waals surface area contributed by atoms with E-state index in [-0.39, 0.29) is 5.91 Å². The van der Waals surface area contributed by atoms with Crippen LogP contribution in [-0.4, -0.2) is 20.3 Å². The highest BCUT2D eigenvalue weighted by Crippen LogP contribution is 2.19. The molecule has 0 radical (unpaired) electrons. The number of hydrogen-bond acceptors (Lipinski definition) is 3. The van der Waals surface area contributed by atoms with E-state index in [0.29, 0.717) is 11.4 Å². The Morgan fingerprint density at radius 3 is 2.83 bits per heavy atom. The van der Waals surface area contributed by atoms with Gasteiger partial charge in [0.1, 0.15) is 5.69 Å². The van der Waals surface area contributed by atoms with E-state index in [9.17, 15) is 4.79 Å². The average molecular weight is 240 g/mol. The van der Waals surface area contributed by atoms with Gasteiger partial charge in [-0.2, -0.15) is 5.10 Å². The van der Waals surface area contributed by atoms with Crippen molar-refractivity contribution in [2.75, 3.05) is 5.73 Å². The van der Waals surface area contributed by atoms with Crippen LogP contribution in [-0.2, 0) is 7.05 Å². The van der Waals surface area contributed by atoms with Gasteiger partial charge in [-0.3, -0.25) is 14.0 Å². The van der Waals surface area contributed by atoms with Crippen LogP contribution in [0.3, 0.4) is 0 Å². The Morgan fingerprint density at radius 2 is 2.11 bits per heavy atom. The van der Waals surface area contributed by atoms with Crippen LogP contribution >= 0.6 is 0 Å². The standard InChI is InChI=1S/C13H12N4O/c1-16-12(4-6-15-16)13(18)17-7-5-9-8-10(14)2-3-11(9)17/h2-8H,14H2,1H3. The molecule has 0 amide bonds. The monoisotopic (exact) mass is 240 g/mol. The van der Waals surface area contributed by atoms with Crippen LogP contribution < -0.4 is 5.73 Å². The number of nitrogens with two attached hydrogens (primary N) is 1. The van der Waals surface area contributed by atoms with Crippen molar-refractivity contribution >= 4 is 22.5 Å². The summed E-state index contributed by atoms with van der Waals surface area (Å²) in [7, 11) is 1.75. The third kappa shape index (κ3) is 1.48. The highest BCUT2D eigenvalue weighted by molar-refractivity contribution is 6.01. The number of carbonyl (C=O) groups excluding carboxylic acids is 1. The minimum Gasteiger partial charge on any atom is -0.399 e. The average Bonchev–Trinajstić information content (AvgIpc) is 2.94. The van der Waals surface area contributed by atoms with Gasteiger partial charge in [0.15, 0.2) is 0 Å². The van der Waals surface area contributed by atoms with Gasteiger partial charge < -0.3 is 5.73 Å². The quantitative estimate of drug-likeness (QED) is 0.658. The predicted octanol–water partition coefficient (Wildman–Crippen LogP) is 1.65. The van der Waals surface area contributed by atoms with Crippen molar-refractivity contribution in [2.24, 2.45) is 7.05 Å². The molecule has 1 aromatic carbocycles. The molecule has 0 fully saturated rings. The predicted molar refractivity (Wildman–Crippen MR) is 69.3 cm³/mol. The SMILES string of the molecule is Cn1nccc1C(=O)n1ccc2cc(N)ccc21. The van der Waals surface area contributed by atoms with Crippen molar-refractivity contribution in [1.82, 2.24) is 14.3 Å². The second kappa shape index (κ2) is 3.73. The molecule has 0 saturated carbocycles. The Bertz CT molecular complexity index is 738. The molecule has 0 aliphatic rings. The Hall–Kier alpha value is -2.56. The van der Waals surface area contributed by atoms with Crippen molar-refractivity contribution in [3.8, 4) is 0 Å². The molecule has 5 nitrogen and oxygen atoms in total. The molecule has 0 bridgehead atoms. The molecule has 0 unspecified atom stereocenters. The molecule has 0 aliphatic heterocycles. The molecule has 3 aromatic rings. The van der Waals surface area contributed by atoms with Crippen LogP contribution in [0.1, 0.15) is 10.5 Å². The minimum absolute atomic E-state index is 0.102. The number of nitrogen functional groups attached to an aromatic ring is 1. The van der Waals surface area contributed by atoms with E-state index in [0.717, 1.165) is 10.9 Å². The topological polar surface area (TPSA) is 65.8 Å². The Balaban J connectivity index is 2.16. The summed E-state index contributed by atoms with van der Waals surface area (Å²) >= 11 is 0. The maximum atomic E-state index is 12.4. The summed E-state index contributed by atoms with van der Waals surface area (Å²) in [4.78, 5) is 12.4. The molecule has 0 saturated heterocycles. The maximum absolute atomic E-state index is 12.4. The number of aromatic nitrogens is 3. The Morgan fingerprint density at radius 1 is 1.28 bits per heavy atom. The minimum atomic E-state index is -0.102. The van der Waals surface area contributed by atoms with Crippen molar-refractivity contribution in [1.29, 1.82) is 0 Å². The van der Waals surface area contributed by atoms with Gasteiger partial charge in [0.05, 0.1) is 5.52 Å². The van der Waals surface area contributed by atoms with E-state index in [1.165, 1.54) is 0 Å². The first-order valence-corrected chi connectivity index (χ1v) is 5.56. The molecule has 3 rings (SSSR count). The number of rotatable bonds is 1. The molecule has 18 heavy (non-hydrogen) atoms. The third-order valence-electron chi connectivity index (χ3n) is 2.97. The van der Waals surface area contributed by atoms with Gasteiger partial charge in [-0.15, -0.1) is 0 Å². The maximum Gasteiger partial charge on any atom is 0.280 e. The van der Waals surface area contributed by atoms with Crippen LogP contribution in [0, 0.1) is 0 Å². The van der Waals surface area contributed by atoms with E-state index in [4.69, 9.17) is 5.73 Å². The van der Waals surface area contributed by atoms with E-state index in [2.05, 4.69) is 5.10 Å². The van der Waals surface area contributed by atoms with Crippen molar-refractivity contribution in [3.63, 3.8) is 0 Å². The van der Waals surface area contributed by atoms with Gasteiger partial charge in [0.25, 0.3) is 5.91 Å². The second-order valence-electron chi connectivity index (χ2n) is 4.15. The fraction of sp³-hybridized carbons (Fsp3) is 0.0769. The number of benzene rings is 1. The number of hydrogen-bond donors (Lipinski definition) is 1. The molecule has 90 valence electrons. The highest BCUT2D eigenvalue weighted by atomic mass is 16.2. The lowest BCUT2D eigenvalue weighted by molar-refractivity contribution is 0.0955. The number of fused-ring (bicyclic) bond motifs is 1. The lowest BCUT2D eigenvalue weighted by Crippen LogP contribution is -2.15. The van der Waals surface area contributed by atoms with Gasteiger partial charge in [0, 0.05) is 30.5 Å². The summed E-state index contributed by atoms with van der Waals surface area (Å²) < 4.78 is 3.16. The first-order chi connectivity index (χ1) is 8.66. The zero-order chi connectivity index (χ0) is 12.7. The van der Waals surface area contributed by atoms with Crippen LogP contribution in [0.25, 0.3) is 10.9 Å². The molecule has 0 atom stereocenters. The number of carbonyl (C=O) groups is 1. The molecular weight excluding hydrogens is 228 g/mol. The molecular formula is C13H12N4O. The van der Waals surface area contributed by atoms with Crippen LogP contribution in [0.4, 0.5) is 5.69 Å².